The molecule has 164 valence electrons. The van der Waals surface area contributed by atoms with Crippen molar-refractivity contribution in [1.29, 1.82) is 0 Å². The van der Waals surface area contributed by atoms with E-state index >= 15 is 0 Å². The highest BCUT2D eigenvalue weighted by Gasteiger charge is 2.46. The van der Waals surface area contributed by atoms with Crippen LogP contribution in [0.25, 0.3) is 11.0 Å². The van der Waals surface area contributed by atoms with Crippen LogP contribution in [0.4, 0.5) is 14.5 Å². The quantitative estimate of drug-likeness (QED) is 0.420. The van der Waals surface area contributed by atoms with Gasteiger partial charge < -0.3 is 14.6 Å². The number of aromatic hydroxyl groups is 1. The predicted octanol–water partition coefficient (Wildman–Crippen LogP) is 5.20. The van der Waals surface area contributed by atoms with Crippen LogP contribution in [0.2, 0.25) is 0 Å². The van der Waals surface area contributed by atoms with Crippen molar-refractivity contribution in [2.75, 3.05) is 4.90 Å². The van der Waals surface area contributed by atoms with Gasteiger partial charge in [-0.2, -0.15) is 0 Å². The third-order valence-corrected chi connectivity index (χ3v) is 5.48. The number of anilines is 1. The maximum Gasteiger partial charge on any atom is 0.294 e. The van der Waals surface area contributed by atoms with Crippen LogP contribution >= 0.6 is 0 Å². The van der Waals surface area contributed by atoms with Gasteiger partial charge >= 0.3 is 0 Å². The zero-order chi connectivity index (χ0) is 23.3. The lowest BCUT2D eigenvalue weighted by atomic mass is 9.94. The number of nitrogens with zero attached hydrogens (tertiary/aromatic N) is 1. The van der Waals surface area contributed by atoms with E-state index in [1.807, 2.05) is 0 Å². The first-order valence-electron chi connectivity index (χ1n) is 9.89. The first-order valence-corrected chi connectivity index (χ1v) is 9.89. The Bertz CT molecular complexity index is 1420. The van der Waals surface area contributed by atoms with E-state index in [4.69, 9.17) is 4.42 Å². The van der Waals surface area contributed by atoms with Crippen molar-refractivity contribution in [3.63, 3.8) is 0 Å². The van der Waals surface area contributed by atoms with Crippen LogP contribution in [0, 0.1) is 11.6 Å². The summed E-state index contributed by atoms with van der Waals surface area (Å²) >= 11 is 0. The van der Waals surface area contributed by atoms with Crippen molar-refractivity contribution in [3.8, 4) is 5.75 Å². The maximum atomic E-state index is 14.7. The molecule has 1 aliphatic heterocycles. The summed E-state index contributed by atoms with van der Waals surface area (Å²) in [5.74, 6) is -4.69. The lowest BCUT2D eigenvalue weighted by Crippen LogP contribution is -2.31. The zero-order valence-corrected chi connectivity index (χ0v) is 16.8. The number of para-hydroxylation sites is 1. The van der Waals surface area contributed by atoms with E-state index in [1.54, 1.807) is 24.3 Å². The molecule has 2 N–H and O–H groups in total. The molecular weight excluding hydrogens is 432 g/mol. The number of aliphatic hydroxyl groups excluding tert-OH is 1. The molecule has 0 aliphatic carbocycles. The number of amides is 1. The topological polar surface area (TPSA) is 91.0 Å². The second-order valence-electron chi connectivity index (χ2n) is 7.50. The molecule has 0 fully saturated rings. The van der Waals surface area contributed by atoms with Gasteiger partial charge in [0, 0.05) is 11.5 Å². The molecule has 1 atom stereocenters. The third-order valence-electron chi connectivity index (χ3n) is 5.48. The van der Waals surface area contributed by atoms with Crippen LogP contribution in [0.5, 0.6) is 5.75 Å². The van der Waals surface area contributed by atoms with Crippen molar-refractivity contribution in [3.05, 3.63) is 107 Å². The molecule has 3 aromatic carbocycles. The number of phenols is 1. The first kappa shape index (κ1) is 20.4. The van der Waals surface area contributed by atoms with Crippen molar-refractivity contribution in [1.82, 2.24) is 0 Å². The molecule has 1 unspecified atom stereocenters. The Balaban J connectivity index is 1.69. The molecule has 0 spiro atoms. The summed E-state index contributed by atoms with van der Waals surface area (Å²) in [6, 6.07) is 15.1. The highest BCUT2D eigenvalue weighted by atomic mass is 19.1. The van der Waals surface area contributed by atoms with Crippen LogP contribution in [-0.4, -0.2) is 21.9 Å². The molecule has 6 nitrogen and oxygen atoms in total. The number of rotatable bonds is 4. The molecule has 2 heterocycles. The normalized spacial score (nSPS) is 16.1. The number of benzene rings is 3. The van der Waals surface area contributed by atoms with Gasteiger partial charge in [0.25, 0.3) is 5.91 Å². The molecule has 0 radical (unpaired) electrons. The van der Waals surface area contributed by atoms with Crippen LogP contribution in [0.1, 0.15) is 22.2 Å². The number of Topliss-reactive ketones (excluding diaryl/α,β-unsaturated/α-hetero) is 1. The fourth-order valence-corrected chi connectivity index (χ4v) is 3.95. The van der Waals surface area contributed by atoms with Gasteiger partial charge in [0.1, 0.15) is 23.0 Å². The number of furan rings is 1. The van der Waals surface area contributed by atoms with E-state index in [0.717, 1.165) is 23.1 Å². The van der Waals surface area contributed by atoms with E-state index in [2.05, 4.69) is 0 Å². The fourth-order valence-electron chi connectivity index (χ4n) is 3.95. The number of phenolic OH excluding ortho intramolecular Hbond substituents is 1. The third kappa shape index (κ3) is 3.32. The Morgan fingerprint density at radius 2 is 1.67 bits per heavy atom. The summed E-state index contributed by atoms with van der Waals surface area (Å²) in [6.07, 6.45) is 0. The van der Waals surface area contributed by atoms with Crippen molar-refractivity contribution in [2.45, 2.75) is 6.04 Å². The highest BCUT2D eigenvalue weighted by molar-refractivity contribution is 6.20. The van der Waals surface area contributed by atoms with Crippen LogP contribution in [0.3, 0.4) is 0 Å². The number of aliphatic hydroxyl groups is 1. The maximum absolute atomic E-state index is 14.7. The Labute approximate surface area is 185 Å². The van der Waals surface area contributed by atoms with Crippen LogP contribution < -0.4 is 4.90 Å². The Kier molecular flexibility index (Phi) is 4.70. The molecule has 33 heavy (non-hydrogen) atoms. The second-order valence-corrected chi connectivity index (χ2v) is 7.50. The molecule has 4 aromatic rings. The van der Waals surface area contributed by atoms with Gasteiger partial charge in [0.15, 0.2) is 11.5 Å². The SMILES string of the molecule is O=C(C1=C(O)C(=O)N(c2cc(F)ccc2F)C1c1ccc(O)cc1)c1cc2ccccc2o1. The average molecular weight is 447 g/mol. The van der Waals surface area contributed by atoms with E-state index < -0.39 is 40.8 Å². The predicted molar refractivity (Wildman–Crippen MR) is 115 cm³/mol. The summed E-state index contributed by atoms with van der Waals surface area (Å²) < 4.78 is 34.2. The number of hydrogen-bond donors (Lipinski definition) is 2. The summed E-state index contributed by atoms with van der Waals surface area (Å²) in [5, 5.41) is 21.0. The number of ketones is 1. The second kappa shape index (κ2) is 7.59. The fraction of sp³-hybridized carbons (Fsp3) is 0.0400. The van der Waals surface area contributed by atoms with Crippen molar-refractivity contribution < 1.29 is 33.0 Å². The minimum absolute atomic E-state index is 0.0788. The van der Waals surface area contributed by atoms with Crippen LogP contribution in [-0.2, 0) is 4.79 Å². The molecule has 1 aromatic heterocycles. The molecule has 1 amide bonds. The van der Waals surface area contributed by atoms with Crippen molar-refractivity contribution in [2.24, 2.45) is 0 Å². The summed E-state index contributed by atoms with van der Waals surface area (Å²) in [4.78, 5) is 27.3. The number of halogens is 2. The molecule has 5 rings (SSSR count). The number of carbonyl (C=O) groups is 2. The Morgan fingerprint density at radius 3 is 2.39 bits per heavy atom. The minimum Gasteiger partial charge on any atom is -0.508 e. The van der Waals surface area contributed by atoms with Gasteiger partial charge in [-0.25, -0.2) is 8.78 Å². The largest absolute Gasteiger partial charge is 0.508 e. The van der Waals surface area contributed by atoms with Crippen LogP contribution in [0.15, 0.2) is 88.5 Å². The van der Waals surface area contributed by atoms with Gasteiger partial charge in [-0.1, -0.05) is 30.3 Å². The van der Waals surface area contributed by atoms with E-state index in [-0.39, 0.29) is 22.6 Å². The van der Waals surface area contributed by atoms with E-state index in [9.17, 15) is 28.6 Å². The van der Waals surface area contributed by atoms with E-state index in [1.165, 1.54) is 30.3 Å². The Hall–Kier alpha value is -4.46. The zero-order valence-electron chi connectivity index (χ0n) is 16.8. The van der Waals surface area contributed by atoms with Gasteiger partial charge in [-0.05, 0) is 42.0 Å². The molecule has 0 saturated heterocycles. The number of hydrogen-bond acceptors (Lipinski definition) is 5. The highest BCUT2D eigenvalue weighted by Crippen LogP contribution is 2.43. The molecular formula is C25H15F2NO5. The molecule has 0 saturated carbocycles. The van der Waals surface area contributed by atoms with Crippen molar-refractivity contribution >= 4 is 28.3 Å². The minimum atomic E-state index is -1.30. The lowest BCUT2D eigenvalue weighted by Gasteiger charge is -2.27. The Morgan fingerprint density at radius 1 is 0.939 bits per heavy atom. The molecule has 1 aliphatic rings. The number of carbonyl (C=O) groups excluding carboxylic acids is 2. The standard InChI is InChI=1S/C25H15F2NO5/c26-15-7-10-17(27)18(12-15)28-22(13-5-8-16(29)9-6-13)21(24(31)25(28)32)23(30)20-11-14-3-1-2-4-19(14)33-20/h1-12,22,29,31H. The van der Waals surface area contributed by atoms with E-state index in [0.29, 0.717) is 11.0 Å². The first-order chi connectivity index (χ1) is 15.8. The number of fused-ring (bicyclic) bond motifs is 1. The summed E-state index contributed by atoms with van der Waals surface area (Å²) in [7, 11) is 0. The molecule has 0 bridgehead atoms. The lowest BCUT2D eigenvalue weighted by molar-refractivity contribution is -0.117. The monoisotopic (exact) mass is 447 g/mol. The van der Waals surface area contributed by atoms with Gasteiger partial charge in [-0.15, -0.1) is 0 Å². The van der Waals surface area contributed by atoms with Gasteiger partial charge in [0.2, 0.25) is 5.78 Å². The van der Waals surface area contributed by atoms with Gasteiger partial charge in [-0.3, -0.25) is 14.5 Å². The van der Waals surface area contributed by atoms with Gasteiger partial charge in [0.05, 0.1) is 17.3 Å². The summed E-state index contributed by atoms with van der Waals surface area (Å²) in [5.41, 5.74) is -0.0850. The molecule has 8 heteroatoms. The average Bonchev–Trinajstić information content (AvgIpc) is 3.35. The smallest absolute Gasteiger partial charge is 0.294 e. The summed E-state index contributed by atoms with van der Waals surface area (Å²) in [6.45, 7) is 0.